The van der Waals surface area contributed by atoms with E-state index in [0.29, 0.717) is 24.8 Å². The van der Waals surface area contributed by atoms with E-state index >= 15 is 0 Å². The van der Waals surface area contributed by atoms with Crippen LogP contribution in [0.1, 0.15) is 41.1 Å². The summed E-state index contributed by atoms with van der Waals surface area (Å²) in [7, 11) is 2.63. The maximum atomic E-state index is 11.8. The molecule has 0 aromatic heterocycles. The highest BCUT2D eigenvalue weighted by Gasteiger charge is 2.35. The lowest BCUT2D eigenvalue weighted by Gasteiger charge is -2.26. The van der Waals surface area contributed by atoms with Crippen molar-refractivity contribution in [3.63, 3.8) is 0 Å². The molecule has 112 valence electrons. The van der Waals surface area contributed by atoms with E-state index in [0.717, 1.165) is 5.56 Å². The number of carbonyl (C=O) groups excluding carboxylic acids is 3. The van der Waals surface area contributed by atoms with Gasteiger partial charge in [0.05, 0.1) is 19.8 Å². The van der Waals surface area contributed by atoms with Gasteiger partial charge in [-0.1, -0.05) is 12.1 Å². The number of benzene rings is 1. The summed E-state index contributed by atoms with van der Waals surface area (Å²) in [6, 6.07) is 7.09. The highest BCUT2D eigenvalue weighted by Crippen LogP contribution is 2.35. The van der Waals surface area contributed by atoms with Crippen molar-refractivity contribution in [3.8, 4) is 0 Å². The molecule has 0 amide bonds. The summed E-state index contributed by atoms with van der Waals surface area (Å²) in [6.07, 6.45) is 1.55. The molecule has 0 spiro atoms. The lowest BCUT2D eigenvalue weighted by Crippen LogP contribution is -2.31. The van der Waals surface area contributed by atoms with Crippen LogP contribution in [0.5, 0.6) is 0 Å². The van der Waals surface area contributed by atoms with Gasteiger partial charge in [-0.15, -0.1) is 0 Å². The highest BCUT2D eigenvalue weighted by atomic mass is 16.5. The molecular formula is C16H18O5. The molecule has 1 fully saturated rings. The lowest BCUT2D eigenvalue weighted by molar-refractivity contribution is -0.150. The van der Waals surface area contributed by atoms with Crippen molar-refractivity contribution < 1.29 is 23.9 Å². The third-order valence-electron chi connectivity index (χ3n) is 3.94. The van der Waals surface area contributed by atoms with Crippen molar-refractivity contribution in [1.82, 2.24) is 0 Å². The summed E-state index contributed by atoms with van der Waals surface area (Å²) in [4.78, 5) is 34.8. The van der Waals surface area contributed by atoms with Crippen LogP contribution >= 0.6 is 0 Å². The van der Waals surface area contributed by atoms with Crippen LogP contribution in [-0.4, -0.2) is 31.9 Å². The van der Waals surface area contributed by atoms with Gasteiger partial charge in [0.2, 0.25) is 0 Å². The number of ketones is 1. The molecule has 2 rings (SSSR count). The fourth-order valence-corrected chi connectivity index (χ4v) is 2.71. The van der Waals surface area contributed by atoms with Crippen LogP contribution in [0.15, 0.2) is 24.3 Å². The van der Waals surface area contributed by atoms with Gasteiger partial charge in [-0.05, 0) is 36.5 Å². The van der Waals surface area contributed by atoms with Crippen molar-refractivity contribution in [2.75, 3.05) is 14.2 Å². The summed E-state index contributed by atoms with van der Waals surface area (Å²) >= 11 is 0. The molecular weight excluding hydrogens is 272 g/mol. The van der Waals surface area contributed by atoms with E-state index in [1.807, 2.05) is 12.1 Å². The van der Waals surface area contributed by atoms with Gasteiger partial charge in [-0.2, -0.15) is 0 Å². The van der Waals surface area contributed by atoms with Crippen LogP contribution in [-0.2, 0) is 19.1 Å². The topological polar surface area (TPSA) is 69.7 Å². The SMILES string of the molecule is COC(=O)c1ccc(C2CCC(=O)C(C(=O)OC)C2)cc1. The van der Waals surface area contributed by atoms with Gasteiger partial charge in [-0.3, -0.25) is 9.59 Å². The normalized spacial score (nSPS) is 21.7. The number of hydrogen-bond acceptors (Lipinski definition) is 5. The van der Waals surface area contributed by atoms with Gasteiger partial charge < -0.3 is 9.47 Å². The molecule has 21 heavy (non-hydrogen) atoms. The molecule has 0 N–H and O–H groups in total. The fourth-order valence-electron chi connectivity index (χ4n) is 2.71. The first kappa shape index (κ1) is 15.2. The third kappa shape index (κ3) is 3.29. The Morgan fingerprint density at radius 3 is 2.33 bits per heavy atom. The predicted octanol–water partition coefficient (Wildman–Crippen LogP) is 2.10. The molecule has 1 aliphatic carbocycles. The maximum absolute atomic E-state index is 11.8. The predicted molar refractivity (Wildman–Crippen MR) is 74.9 cm³/mol. The largest absolute Gasteiger partial charge is 0.468 e. The molecule has 0 heterocycles. The molecule has 5 nitrogen and oxygen atoms in total. The van der Waals surface area contributed by atoms with E-state index in [9.17, 15) is 14.4 Å². The Balaban J connectivity index is 2.13. The second kappa shape index (κ2) is 6.52. The molecule has 1 aromatic rings. The summed E-state index contributed by atoms with van der Waals surface area (Å²) in [5, 5.41) is 0. The van der Waals surface area contributed by atoms with E-state index in [1.165, 1.54) is 14.2 Å². The first-order valence-corrected chi connectivity index (χ1v) is 6.85. The molecule has 0 bridgehead atoms. The van der Waals surface area contributed by atoms with E-state index in [2.05, 4.69) is 9.47 Å². The monoisotopic (exact) mass is 290 g/mol. The Labute approximate surface area is 123 Å². The average Bonchev–Trinajstić information content (AvgIpc) is 2.54. The number of ether oxygens (including phenoxy) is 2. The van der Waals surface area contributed by atoms with E-state index in [4.69, 9.17) is 0 Å². The number of Topliss-reactive ketones (excluding diaryl/α,β-unsaturated/α-hetero) is 1. The molecule has 2 unspecified atom stereocenters. The minimum Gasteiger partial charge on any atom is -0.468 e. The smallest absolute Gasteiger partial charge is 0.337 e. The van der Waals surface area contributed by atoms with Crippen LogP contribution in [0, 0.1) is 5.92 Å². The van der Waals surface area contributed by atoms with Crippen molar-refractivity contribution in [2.24, 2.45) is 5.92 Å². The van der Waals surface area contributed by atoms with Crippen molar-refractivity contribution in [3.05, 3.63) is 35.4 Å². The van der Waals surface area contributed by atoms with E-state index < -0.39 is 11.9 Å². The Kier molecular flexibility index (Phi) is 4.73. The van der Waals surface area contributed by atoms with Crippen LogP contribution in [0.25, 0.3) is 0 Å². The number of carbonyl (C=O) groups is 3. The summed E-state index contributed by atoms with van der Waals surface area (Å²) in [5.41, 5.74) is 1.50. The highest BCUT2D eigenvalue weighted by molar-refractivity contribution is 5.99. The summed E-state index contributed by atoms with van der Waals surface area (Å²) < 4.78 is 9.34. The summed E-state index contributed by atoms with van der Waals surface area (Å²) in [5.74, 6) is -1.44. The molecule has 1 saturated carbocycles. The fraction of sp³-hybridized carbons (Fsp3) is 0.438. The molecule has 0 radical (unpaired) electrons. The van der Waals surface area contributed by atoms with Crippen LogP contribution in [0.3, 0.4) is 0 Å². The molecule has 1 aromatic carbocycles. The van der Waals surface area contributed by atoms with Crippen molar-refractivity contribution >= 4 is 17.7 Å². The molecule has 2 atom stereocenters. The van der Waals surface area contributed by atoms with Gasteiger partial charge in [0, 0.05) is 6.42 Å². The second-order valence-corrected chi connectivity index (χ2v) is 5.13. The number of esters is 2. The second-order valence-electron chi connectivity index (χ2n) is 5.13. The lowest BCUT2D eigenvalue weighted by atomic mass is 9.77. The minimum absolute atomic E-state index is 0.0516. The zero-order valence-electron chi connectivity index (χ0n) is 12.1. The van der Waals surface area contributed by atoms with Gasteiger partial charge in [-0.25, -0.2) is 4.79 Å². The van der Waals surface area contributed by atoms with Crippen LogP contribution in [0.2, 0.25) is 0 Å². The van der Waals surface area contributed by atoms with Gasteiger partial charge in [0.15, 0.2) is 0 Å². The number of hydrogen-bond donors (Lipinski definition) is 0. The molecule has 5 heteroatoms. The molecule has 0 aliphatic heterocycles. The third-order valence-corrected chi connectivity index (χ3v) is 3.94. The van der Waals surface area contributed by atoms with Crippen molar-refractivity contribution in [1.29, 1.82) is 0 Å². The Hall–Kier alpha value is -2.17. The first-order chi connectivity index (χ1) is 10.1. The zero-order valence-corrected chi connectivity index (χ0v) is 12.1. The quantitative estimate of drug-likeness (QED) is 0.630. The standard InChI is InChI=1S/C16H18O5/c1-20-15(18)11-5-3-10(4-6-11)12-7-8-14(17)13(9-12)16(19)21-2/h3-6,12-13H,7-9H2,1-2H3. The zero-order chi connectivity index (χ0) is 15.4. The number of methoxy groups -OCH3 is 2. The average molecular weight is 290 g/mol. The number of rotatable bonds is 3. The van der Waals surface area contributed by atoms with E-state index in [1.54, 1.807) is 12.1 Å². The van der Waals surface area contributed by atoms with Crippen LogP contribution < -0.4 is 0 Å². The first-order valence-electron chi connectivity index (χ1n) is 6.85. The Bertz CT molecular complexity index is 538. The Morgan fingerprint density at radius 1 is 1.10 bits per heavy atom. The molecule has 0 saturated heterocycles. The van der Waals surface area contributed by atoms with Crippen molar-refractivity contribution in [2.45, 2.75) is 25.2 Å². The van der Waals surface area contributed by atoms with Gasteiger partial charge in [0.1, 0.15) is 11.7 Å². The van der Waals surface area contributed by atoms with E-state index in [-0.39, 0.29) is 17.7 Å². The maximum Gasteiger partial charge on any atom is 0.337 e. The van der Waals surface area contributed by atoms with Gasteiger partial charge in [0.25, 0.3) is 0 Å². The molecule has 1 aliphatic rings. The minimum atomic E-state index is -0.672. The Morgan fingerprint density at radius 2 is 1.76 bits per heavy atom. The summed E-state index contributed by atoms with van der Waals surface area (Å²) in [6.45, 7) is 0. The van der Waals surface area contributed by atoms with Gasteiger partial charge >= 0.3 is 11.9 Å². The van der Waals surface area contributed by atoms with Crippen LogP contribution in [0.4, 0.5) is 0 Å².